The van der Waals surface area contributed by atoms with E-state index in [4.69, 9.17) is 4.74 Å². The summed E-state index contributed by atoms with van der Waals surface area (Å²) in [6, 6.07) is 10.8. The van der Waals surface area contributed by atoms with Crippen molar-refractivity contribution in [3.05, 3.63) is 64.7 Å². The number of ether oxygens (including phenoxy) is 1. The highest BCUT2D eigenvalue weighted by molar-refractivity contribution is 6.22. The highest BCUT2D eigenvalue weighted by atomic mass is 16.5. The summed E-state index contributed by atoms with van der Waals surface area (Å²) >= 11 is 0. The van der Waals surface area contributed by atoms with Crippen molar-refractivity contribution in [2.45, 2.75) is 33.7 Å². The zero-order valence-electron chi connectivity index (χ0n) is 20.5. The second-order valence-electron chi connectivity index (χ2n) is 8.89. The lowest BCUT2D eigenvalue weighted by Gasteiger charge is -2.27. The van der Waals surface area contributed by atoms with Crippen molar-refractivity contribution < 1.29 is 28.7 Å². The third kappa shape index (κ3) is 5.40. The first kappa shape index (κ1) is 25.6. The van der Waals surface area contributed by atoms with Gasteiger partial charge in [0, 0.05) is 12.7 Å². The number of esters is 1. The maximum Gasteiger partial charge on any atom is 0.330 e. The van der Waals surface area contributed by atoms with Crippen LogP contribution in [0.15, 0.2) is 42.5 Å². The van der Waals surface area contributed by atoms with E-state index in [1.54, 1.807) is 26.0 Å². The van der Waals surface area contributed by atoms with Gasteiger partial charge in [-0.05, 0) is 43.0 Å². The molecule has 1 N–H and O–H groups in total. The molecule has 1 aliphatic heterocycles. The highest BCUT2D eigenvalue weighted by Crippen LogP contribution is 2.27. The van der Waals surface area contributed by atoms with Gasteiger partial charge in [-0.3, -0.25) is 24.1 Å². The van der Waals surface area contributed by atoms with Crippen molar-refractivity contribution >= 4 is 35.3 Å². The molecule has 3 rings (SSSR count). The molecule has 0 aromatic heterocycles. The van der Waals surface area contributed by atoms with E-state index in [9.17, 15) is 24.0 Å². The number of anilines is 1. The van der Waals surface area contributed by atoms with Crippen molar-refractivity contribution in [1.29, 1.82) is 0 Å². The molecule has 9 nitrogen and oxygen atoms in total. The van der Waals surface area contributed by atoms with E-state index in [0.29, 0.717) is 5.69 Å². The minimum atomic E-state index is -1.19. The molecule has 1 atom stereocenters. The molecule has 2 aromatic carbocycles. The number of carbonyl (C=O) groups excluding carboxylic acids is 5. The molecule has 0 radical (unpaired) electrons. The molecule has 0 saturated carbocycles. The fourth-order valence-corrected chi connectivity index (χ4v) is 3.96. The minimum absolute atomic E-state index is 0.224. The fourth-order valence-electron chi connectivity index (χ4n) is 3.96. The number of fused-ring (bicyclic) bond motifs is 1. The number of rotatable bonds is 8. The SMILES string of the molecule is Cc1cccc(C)c1NC(=O)CN(C)C(=O)COC(=O)[C@H](C(C)C)N1C(=O)c2ccccc2C1=O. The van der Waals surface area contributed by atoms with Gasteiger partial charge >= 0.3 is 5.97 Å². The average molecular weight is 480 g/mol. The van der Waals surface area contributed by atoms with Crippen LogP contribution in [0.4, 0.5) is 5.69 Å². The summed E-state index contributed by atoms with van der Waals surface area (Å²) in [5.41, 5.74) is 2.93. The number of hydrogen-bond acceptors (Lipinski definition) is 6. The fraction of sp³-hybridized carbons (Fsp3) is 0.346. The maximum atomic E-state index is 12.9. The Morgan fingerprint density at radius 3 is 2.00 bits per heavy atom. The second kappa shape index (κ2) is 10.5. The third-order valence-corrected chi connectivity index (χ3v) is 5.87. The zero-order chi connectivity index (χ0) is 25.9. The molecule has 184 valence electrons. The van der Waals surface area contributed by atoms with Crippen LogP contribution in [-0.2, 0) is 19.1 Å². The van der Waals surface area contributed by atoms with Gasteiger partial charge in [0.25, 0.3) is 17.7 Å². The normalized spacial score (nSPS) is 13.5. The third-order valence-electron chi connectivity index (χ3n) is 5.87. The summed E-state index contributed by atoms with van der Waals surface area (Å²) in [6.45, 7) is 6.24. The first-order valence-electron chi connectivity index (χ1n) is 11.3. The standard InChI is InChI=1S/C26H29N3O6/c1-15(2)23(29-24(32)18-11-6-7-12-19(18)25(29)33)26(34)35-14-21(31)28(5)13-20(30)27-22-16(3)9-8-10-17(22)4/h6-12,15,23H,13-14H2,1-5H3,(H,27,30)/t23-/m0/s1. The summed E-state index contributed by atoms with van der Waals surface area (Å²) in [5, 5.41) is 2.80. The molecular formula is C26H29N3O6. The first-order valence-corrected chi connectivity index (χ1v) is 11.3. The van der Waals surface area contributed by atoms with Crippen LogP contribution in [0, 0.1) is 19.8 Å². The van der Waals surface area contributed by atoms with Gasteiger partial charge in [-0.1, -0.05) is 44.2 Å². The topological polar surface area (TPSA) is 113 Å². The average Bonchev–Trinajstić information content (AvgIpc) is 3.05. The van der Waals surface area contributed by atoms with Crippen LogP contribution in [0.25, 0.3) is 0 Å². The van der Waals surface area contributed by atoms with E-state index in [1.807, 2.05) is 32.0 Å². The molecule has 1 aliphatic rings. The molecular weight excluding hydrogens is 450 g/mol. The molecule has 0 aliphatic carbocycles. The number of nitrogens with zero attached hydrogens (tertiary/aromatic N) is 2. The monoisotopic (exact) mass is 479 g/mol. The number of carbonyl (C=O) groups is 5. The van der Waals surface area contributed by atoms with Gasteiger partial charge in [-0.2, -0.15) is 0 Å². The van der Waals surface area contributed by atoms with Crippen LogP contribution in [0.3, 0.4) is 0 Å². The van der Waals surface area contributed by atoms with Gasteiger partial charge in [0.15, 0.2) is 6.61 Å². The number of hydrogen-bond donors (Lipinski definition) is 1. The molecule has 2 aromatic rings. The van der Waals surface area contributed by atoms with Crippen molar-refractivity contribution in [3.63, 3.8) is 0 Å². The highest BCUT2D eigenvalue weighted by Gasteiger charge is 2.44. The van der Waals surface area contributed by atoms with Crippen molar-refractivity contribution in [1.82, 2.24) is 9.80 Å². The van der Waals surface area contributed by atoms with Crippen molar-refractivity contribution in [3.8, 4) is 0 Å². The van der Waals surface area contributed by atoms with Crippen LogP contribution in [0.5, 0.6) is 0 Å². The molecule has 1 heterocycles. The lowest BCUT2D eigenvalue weighted by Crippen LogP contribution is -2.49. The number of nitrogens with one attached hydrogen (secondary N) is 1. The molecule has 0 spiro atoms. The van der Waals surface area contributed by atoms with Crippen molar-refractivity contribution in [2.75, 3.05) is 25.5 Å². The quantitative estimate of drug-likeness (QED) is 0.460. The Hall–Kier alpha value is -4.01. The van der Waals surface area contributed by atoms with Crippen LogP contribution in [-0.4, -0.2) is 65.6 Å². The van der Waals surface area contributed by atoms with Gasteiger partial charge in [0.2, 0.25) is 5.91 Å². The first-order chi connectivity index (χ1) is 16.5. The molecule has 4 amide bonds. The summed E-state index contributed by atoms with van der Waals surface area (Å²) in [6.07, 6.45) is 0. The van der Waals surface area contributed by atoms with Crippen molar-refractivity contribution in [2.24, 2.45) is 5.92 Å². The number of aryl methyl sites for hydroxylation is 2. The van der Waals surface area contributed by atoms with E-state index in [2.05, 4.69) is 5.32 Å². The van der Waals surface area contributed by atoms with Gasteiger partial charge in [-0.25, -0.2) is 4.79 Å². The van der Waals surface area contributed by atoms with E-state index in [0.717, 1.165) is 20.9 Å². The molecule has 0 unspecified atom stereocenters. The summed E-state index contributed by atoms with van der Waals surface area (Å²) < 4.78 is 5.19. The predicted molar refractivity (Wildman–Crippen MR) is 129 cm³/mol. The number of imide groups is 1. The van der Waals surface area contributed by atoms with Crippen LogP contribution in [0.1, 0.15) is 45.7 Å². The minimum Gasteiger partial charge on any atom is -0.454 e. The van der Waals surface area contributed by atoms with Crippen LogP contribution >= 0.6 is 0 Å². The predicted octanol–water partition coefficient (Wildman–Crippen LogP) is 2.56. The summed E-state index contributed by atoms with van der Waals surface area (Å²) in [5.74, 6) is -3.45. The molecule has 9 heteroatoms. The van der Waals surface area contributed by atoms with E-state index >= 15 is 0 Å². The lowest BCUT2D eigenvalue weighted by atomic mass is 10.0. The van der Waals surface area contributed by atoms with Crippen LogP contribution in [0.2, 0.25) is 0 Å². The van der Waals surface area contributed by atoms with Gasteiger partial charge in [0.05, 0.1) is 17.7 Å². The van der Waals surface area contributed by atoms with Gasteiger partial charge in [-0.15, -0.1) is 0 Å². The maximum absolute atomic E-state index is 12.9. The summed E-state index contributed by atoms with van der Waals surface area (Å²) in [7, 11) is 1.42. The molecule has 0 saturated heterocycles. The zero-order valence-corrected chi connectivity index (χ0v) is 20.5. The van der Waals surface area contributed by atoms with Gasteiger partial charge in [0.1, 0.15) is 6.04 Å². The Labute approximate surface area is 204 Å². The Morgan fingerprint density at radius 1 is 0.943 bits per heavy atom. The molecule has 0 fully saturated rings. The van der Waals surface area contributed by atoms with E-state index < -0.39 is 48.2 Å². The number of amides is 4. The second-order valence-corrected chi connectivity index (χ2v) is 8.89. The number of likely N-dealkylation sites (N-methyl/N-ethyl adjacent to an activating group) is 1. The Kier molecular flexibility index (Phi) is 7.68. The largest absolute Gasteiger partial charge is 0.454 e. The lowest BCUT2D eigenvalue weighted by molar-refractivity contribution is -0.156. The van der Waals surface area contributed by atoms with Crippen LogP contribution < -0.4 is 5.32 Å². The van der Waals surface area contributed by atoms with Gasteiger partial charge < -0.3 is 15.0 Å². The number of para-hydroxylation sites is 1. The van der Waals surface area contributed by atoms with E-state index in [-0.39, 0.29) is 17.7 Å². The smallest absolute Gasteiger partial charge is 0.330 e. The molecule has 35 heavy (non-hydrogen) atoms. The Bertz CT molecular complexity index is 1130. The Morgan fingerprint density at radius 2 is 1.49 bits per heavy atom. The number of benzene rings is 2. The van der Waals surface area contributed by atoms with E-state index in [1.165, 1.54) is 19.2 Å². The summed E-state index contributed by atoms with van der Waals surface area (Å²) in [4.78, 5) is 65.4. The molecule has 0 bridgehead atoms. The Balaban J connectivity index is 1.60.